The van der Waals surface area contributed by atoms with Crippen LogP contribution in [0.4, 0.5) is 0 Å². The van der Waals surface area contributed by atoms with Crippen LogP contribution in [0.15, 0.2) is 30.3 Å². The first-order valence-corrected chi connectivity index (χ1v) is 8.20. The monoisotopic (exact) mass is 343 g/mol. The summed E-state index contributed by atoms with van der Waals surface area (Å²) in [6.45, 7) is 2.32. The van der Waals surface area contributed by atoms with Crippen molar-refractivity contribution >= 4 is 33.4 Å². The number of rotatable bonds is 4. The normalized spacial score (nSPS) is 10.8. The van der Waals surface area contributed by atoms with Gasteiger partial charge >= 0.3 is 5.97 Å². The molecule has 2 heterocycles. The fourth-order valence-corrected chi connectivity index (χ4v) is 3.50. The van der Waals surface area contributed by atoms with E-state index < -0.39 is 0 Å². The predicted octanol–water partition coefficient (Wildman–Crippen LogP) is 2.66. The van der Waals surface area contributed by atoms with Crippen molar-refractivity contribution in [2.24, 2.45) is 7.05 Å². The quantitative estimate of drug-likeness (QED) is 0.739. The summed E-state index contributed by atoms with van der Waals surface area (Å²) >= 11 is 1.42. The fraction of sp³-hybridized carbons (Fsp3) is 0.235. The topological polar surface area (TPSA) is 73.2 Å². The molecule has 124 valence electrons. The van der Waals surface area contributed by atoms with Crippen molar-refractivity contribution in [2.45, 2.75) is 13.5 Å². The van der Waals surface area contributed by atoms with Crippen LogP contribution < -0.4 is 5.32 Å². The summed E-state index contributed by atoms with van der Waals surface area (Å²) in [6.07, 6.45) is 0. The number of fused-ring (bicyclic) bond motifs is 1. The second-order valence-corrected chi connectivity index (χ2v) is 6.44. The van der Waals surface area contributed by atoms with Gasteiger partial charge in [-0.1, -0.05) is 12.1 Å². The number of nitrogens with zero attached hydrogens (tertiary/aromatic N) is 2. The highest BCUT2D eigenvalue weighted by Gasteiger charge is 2.15. The lowest BCUT2D eigenvalue weighted by Crippen LogP contribution is -2.21. The van der Waals surface area contributed by atoms with Crippen LogP contribution >= 0.6 is 11.3 Å². The number of aryl methyl sites for hydroxylation is 2. The van der Waals surface area contributed by atoms with Gasteiger partial charge in [0.25, 0.3) is 5.91 Å². The van der Waals surface area contributed by atoms with E-state index in [9.17, 15) is 9.59 Å². The molecule has 0 bridgehead atoms. The number of nitrogens with one attached hydrogen (secondary N) is 1. The van der Waals surface area contributed by atoms with Crippen molar-refractivity contribution in [1.82, 2.24) is 15.1 Å². The van der Waals surface area contributed by atoms with Gasteiger partial charge in [0.2, 0.25) is 0 Å². The lowest BCUT2D eigenvalue weighted by Gasteiger charge is -2.05. The van der Waals surface area contributed by atoms with E-state index >= 15 is 0 Å². The number of esters is 1. The summed E-state index contributed by atoms with van der Waals surface area (Å²) in [6, 6.07) is 8.83. The number of thiophene rings is 1. The minimum absolute atomic E-state index is 0.118. The Bertz CT molecular complexity index is 875. The molecule has 0 radical (unpaired) electrons. The van der Waals surface area contributed by atoms with Gasteiger partial charge in [-0.15, -0.1) is 11.3 Å². The number of carbonyl (C=O) groups is 2. The van der Waals surface area contributed by atoms with Crippen molar-refractivity contribution in [3.63, 3.8) is 0 Å². The van der Waals surface area contributed by atoms with Crippen LogP contribution in [0.1, 0.15) is 31.3 Å². The lowest BCUT2D eigenvalue weighted by atomic mass is 10.1. The highest BCUT2D eigenvalue weighted by atomic mass is 32.1. The standard InChI is InChI=1S/C17H17N3O3S/c1-10-13-8-14(24-16(13)20(2)19-10)15(21)18-9-11-4-6-12(7-5-11)17(22)23-3/h4-8H,9H2,1-3H3,(H,18,21). The molecule has 3 aromatic rings. The highest BCUT2D eigenvalue weighted by molar-refractivity contribution is 7.20. The molecule has 2 aromatic heterocycles. The van der Waals surface area contributed by atoms with E-state index in [1.54, 1.807) is 28.9 Å². The maximum Gasteiger partial charge on any atom is 0.337 e. The van der Waals surface area contributed by atoms with Gasteiger partial charge in [-0.3, -0.25) is 9.48 Å². The Kier molecular flexibility index (Phi) is 4.35. The third-order valence-electron chi connectivity index (χ3n) is 3.75. The molecule has 3 rings (SSSR count). The van der Waals surface area contributed by atoms with Crippen molar-refractivity contribution in [3.8, 4) is 0 Å². The Morgan fingerprint density at radius 1 is 1.29 bits per heavy atom. The fourth-order valence-electron chi connectivity index (χ4n) is 2.46. The van der Waals surface area contributed by atoms with Crippen LogP contribution in [0.3, 0.4) is 0 Å². The number of hydrogen-bond acceptors (Lipinski definition) is 5. The minimum Gasteiger partial charge on any atom is -0.465 e. The molecule has 7 heteroatoms. The van der Waals surface area contributed by atoms with Gasteiger partial charge in [-0.05, 0) is 30.7 Å². The second kappa shape index (κ2) is 6.45. The maximum absolute atomic E-state index is 12.3. The van der Waals surface area contributed by atoms with E-state index in [1.165, 1.54) is 18.4 Å². The Labute approximate surface area is 143 Å². The van der Waals surface area contributed by atoms with Gasteiger partial charge in [0.05, 0.1) is 23.2 Å². The van der Waals surface area contributed by atoms with E-state index in [0.717, 1.165) is 21.5 Å². The molecule has 1 aromatic carbocycles. The molecule has 0 aliphatic carbocycles. The van der Waals surface area contributed by atoms with E-state index in [1.807, 2.05) is 20.0 Å². The number of ether oxygens (including phenoxy) is 1. The molecule has 6 nitrogen and oxygen atoms in total. The SMILES string of the molecule is COC(=O)c1ccc(CNC(=O)c2cc3c(C)nn(C)c3s2)cc1. The van der Waals surface area contributed by atoms with Gasteiger partial charge < -0.3 is 10.1 Å². The summed E-state index contributed by atoms with van der Waals surface area (Å²) in [5, 5.41) is 8.23. The minimum atomic E-state index is -0.375. The molecule has 1 N–H and O–H groups in total. The number of methoxy groups -OCH3 is 1. The van der Waals surface area contributed by atoms with Gasteiger partial charge in [0, 0.05) is 19.0 Å². The number of carbonyl (C=O) groups excluding carboxylic acids is 2. The van der Waals surface area contributed by atoms with Crippen LogP contribution in [-0.2, 0) is 18.3 Å². The van der Waals surface area contributed by atoms with Gasteiger partial charge in [0.15, 0.2) is 0 Å². The van der Waals surface area contributed by atoms with E-state index in [-0.39, 0.29) is 11.9 Å². The summed E-state index contributed by atoms with van der Waals surface area (Å²) in [5.41, 5.74) is 2.32. The summed E-state index contributed by atoms with van der Waals surface area (Å²) < 4.78 is 6.45. The average molecular weight is 343 g/mol. The molecule has 0 spiro atoms. The Balaban J connectivity index is 1.68. The van der Waals surface area contributed by atoms with Gasteiger partial charge in [-0.2, -0.15) is 5.10 Å². The molecule has 0 saturated heterocycles. The van der Waals surface area contributed by atoms with Gasteiger partial charge in [-0.25, -0.2) is 4.79 Å². The number of aromatic nitrogens is 2. The molecule has 0 unspecified atom stereocenters. The molecule has 0 fully saturated rings. The van der Waals surface area contributed by atoms with E-state index in [2.05, 4.69) is 15.2 Å². The zero-order valence-corrected chi connectivity index (χ0v) is 14.4. The summed E-state index contributed by atoms with van der Waals surface area (Å²) in [7, 11) is 3.22. The molecule has 0 aliphatic rings. The van der Waals surface area contributed by atoms with Crippen LogP contribution in [0, 0.1) is 6.92 Å². The van der Waals surface area contributed by atoms with E-state index in [0.29, 0.717) is 17.0 Å². The van der Waals surface area contributed by atoms with Crippen molar-refractivity contribution < 1.29 is 14.3 Å². The van der Waals surface area contributed by atoms with Crippen molar-refractivity contribution in [3.05, 3.63) is 52.0 Å². The first kappa shape index (κ1) is 16.2. The summed E-state index contributed by atoms with van der Waals surface area (Å²) in [5.74, 6) is -0.493. The Hall–Kier alpha value is -2.67. The molecule has 0 aliphatic heterocycles. The second-order valence-electron chi connectivity index (χ2n) is 5.41. The average Bonchev–Trinajstić information content (AvgIpc) is 3.14. The molecule has 0 atom stereocenters. The third-order valence-corrected chi connectivity index (χ3v) is 4.95. The predicted molar refractivity (Wildman–Crippen MR) is 92.3 cm³/mol. The Morgan fingerprint density at radius 3 is 2.62 bits per heavy atom. The van der Waals surface area contributed by atoms with E-state index in [4.69, 9.17) is 0 Å². The van der Waals surface area contributed by atoms with Gasteiger partial charge in [0.1, 0.15) is 4.83 Å². The Morgan fingerprint density at radius 2 is 2.00 bits per heavy atom. The third kappa shape index (κ3) is 3.03. The first-order valence-electron chi connectivity index (χ1n) is 7.38. The number of benzene rings is 1. The van der Waals surface area contributed by atoms with Crippen LogP contribution in [0.2, 0.25) is 0 Å². The first-order chi connectivity index (χ1) is 11.5. The zero-order valence-electron chi connectivity index (χ0n) is 13.6. The van der Waals surface area contributed by atoms with Crippen molar-refractivity contribution in [1.29, 1.82) is 0 Å². The molecule has 1 amide bonds. The molecule has 24 heavy (non-hydrogen) atoms. The number of hydrogen-bond donors (Lipinski definition) is 1. The smallest absolute Gasteiger partial charge is 0.337 e. The van der Waals surface area contributed by atoms with Crippen LogP contribution in [-0.4, -0.2) is 28.8 Å². The molecule has 0 saturated carbocycles. The largest absolute Gasteiger partial charge is 0.465 e. The summed E-state index contributed by atoms with van der Waals surface area (Å²) in [4.78, 5) is 25.4. The maximum atomic E-state index is 12.3. The van der Waals surface area contributed by atoms with Crippen LogP contribution in [0.5, 0.6) is 0 Å². The molecular formula is C17H17N3O3S. The van der Waals surface area contributed by atoms with Crippen LogP contribution in [0.25, 0.3) is 10.2 Å². The number of amides is 1. The van der Waals surface area contributed by atoms with Crippen molar-refractivity contribution in [2.75, 3.05) is 7.11 Å². The lowest BCUT2D eigenvalue weighted by molar-refractivity contribution is 0.0600. The zero-order chi connectivity index (χ0) is 17.3. The highest BCUT2D eigenvalue weighted by Crippen LogP contribution is 2.27. The molecular weight excluding hydrogens is 326 g/mol.